The van der Waals surface area contributed by atoms with Gasteiger partial charge < -0.3 is 0 Å². The zero-order valence-electron chi connectivity index (χ0n) is 13.9. The molecule has 0 spiro atoms. The predicted octanol–water partition coefficient (Wildman–Crippen LogP) is 1.56. The second-order valence-corrected chi connectivity index (χ2v) is 8.50. The molecule has 1 heterocycles. The van der Waals surface area contributed by atoms with Crippen molar-refractivity contribution in [1.82, 2.24) is 15.3 Å². The Bertz CT molecular complexity index is 827. The van der Waals surface area contributed by atoms with Crippen LogP contribution in [0.5, 0.6) is 0 Å². The average molecular weight is 351 g/mol. The molecular formula is C16H21N3O4S. The molecule has 0 aliphatic rings. The summed E-state index contributed by atoms with van der Waals surface area (Å²) in [6.07, 6.45) is 4.45. The van der Waals surface area contributed by atoms with E-state index in [-0.39, 0.29) is 13.0 Å². The van der Waals surface area contributed by atoms with Crippen molar-refractivity contribution in [2.24, 2.45) is 0 Å². The summed E-state index contributed by atoms with van der Waals surface area (Å²) in [6.45, 7) is 3.52. The van der Waals surface area contributed by atoms with Crippen LogP contribution in [-0.2, 0) is 21.2 Å². The lowest BCUT2D eigenvalue weighted by atomic mass is 10.1. The third-order valence-corrected chi connectivity index (χ3v) is 6.26. The molecule has 1 aromatic heterocycles. The van der Waals surface area contributed by atoms with Gasteiger partial charge in [-0.3, -0.25) is 14.7 Å². The number of carbonyl (C=O) groups is 1. The molecule has 8 heteroatoms. The highest BCUT2D eigenvalue weighted by molar-refractivity contribution is 7.92. The molecule has 130 valence electrons. The van der Waals surface area contributed by atoms with Gasteiger partial charge in [-0.25, -0.2) is 13.9 Å². The van der Waals surface area contributed by atoms with E-state index < -0.39 is 20.5 Å². The summed E-state index contributed by atoms with van der Waals surface area (Å²) in [4.78, 5) is 11.8. The van der Waals surface area contributed by atoms with Crippen LogP contribution in [-0.4, -0.2) is 40.3 Å². The number of aromatic nitrogens is 2. The summed E-state index contributed by atoms with van der Waals surface area (Å²) in [7, 11) is -3.71. The molecule has 2 N–H and O–H groups in total. The highest BCUT2D eigenvalue weighted by atomic mass is 32.2. The molecule has 2 rings (SSSR count). The minimum atomic E-state index is -3.71. The van der Waals surface area contributed by atoms with Gasteiger partial charge in [-0.05, 0) is 25.8 Å². The van der Waals surface area contributed by atoms with E-state index in [1.807, 2.05) is 31.2 Å². The fraction of sp³-hybridized carbons (Fsp3) is 0.375. The standard InChI is InChI=1S/C16H21N3O4S/c1-12-4-6-13(7-5-12)14-10-17-19(11-14)9-8-16(2,15(20)18-21)24(3,22)23/h4-7,10-11,21H,8-9H2,1-3H3,(H,18,20). The van der Waals surface area contributed by atoms with Crippen LogP contribution in [0.4, 0.5) is 0 Å². The highest BCUT2D eigenvalue weighted by Gasteiger charge is 2.43. The molecule has 7 nitrogen and oxygen atoms in total. The third-order valence-electron chi connectivity index (χ3n) is 4.24. The molecule has 1 aromatic carbocycles. The van der Waals surface area contributed by atoms with E-state index in [1.165, 1.54) is 12.4 Å². The number of benzene rings is 1. The molecule has 1 atom stereocenters. The first kappa shape index (κ1) is 18.2. The van der Waals surface area contributed by atoms with E-state index in [4.69, 9.17) is 5.21 Å². The summed E-state index contributed by atoms with van der Waals surface area (Å²) in [5.41, 5.74) is 4.51. The molecule has 0 aliphatic carbocycles. The van der Waals surface area contributed by atoms with Crippen LogP contribution in [0.3, 0.4) is 0 Å². The van der Waals surface area contributed by atoms with E-state index in [2.05, 4.69) is 5.10 Å². The first-order chi connectivity index (χ1) is 11.2. The van der Waals surface area contributed by atoms with Crippen molar-refractivity contribution in [1.29, 1.82) is 0 Å². The molecule has 0 bridgehead atoms. The van der Waals surface area contributed by atoms with Crippen LogP contribution >= 0.6 is 0 Å². The quantitative estimate of drug-likeness (QED) is 0.607. The van der Waals surface area contributed by atoms with E-state index in [0.717, 1.165) is 22.9 Å². The van der Waals surface area contributed by atoms with Crippen molar-refractivity contribution in [3.63, 3.8) is 0 Å². The van der Waals surface area contributed by atoms with Gasteiger partial charge in [-0.15, -0.1) is 0 Å². The zero-order chi connectivity index (χ0) is 18.0. The van der Waals surface area contributed by atoms with Crippen LogP contribution in [0, 0.1) is 6.92 Å². The zero-order valence-corrected chi connectivity index (χ0v) is 14.7. The van der Waals surface area contributed by atoms with Crippen LogP contribution in [0.1, 0.15) is 18.9 Å². The van der Waals surface area contributed by atoms with Gasteiger partial charge in [0.25, 0.3) is 5.91 Å². The Hall–Kier alpha value is -2.19. The Kier molecular flexibility index (Phi) is 5.10. The maximum atomic E-state index is 11.9. The third kappa shape index (κ3) is 3.65. The number of carbonyl (C=O) groups excluding carboxylic acids is 1. The maximum absolute atomic E-state index is 11.9. The molecule has 0 saturated carbocycles. The minimum absolute atomic E-state index is 0.00670. The number of hydrogen-bond acceptors (Lipinski definition) is 5. The van der Waals surface area contributed by atoms with Crippen molar-refractivity contribution in [3.8, 4) is 11.1 Å². The summed E-state index contributed by atoms with van der Waals surface area (Å²) in [5.74, 6) is -0.948. The predicted molar refractivity (Wildman–Crippen MR) is 90.2 cm³/mol. The van der Waals surface area contributed by atoms with E-state index >= 15 is 0 Å². The molecule has 2 aromatic rings. The summed E-state index contributed by atoms with van der Waals surface area (Å²) < 4.78 is 23.7. The number of hydrogen-bond donors (Lipinski definition) is 2. The fourth-order valence-electron chi connectivity index (χ4n) is 2.29. The number of nitrogens with one attached hydrogen (secondary N) is 1. The first-order valence-corrected chi connectivity index (χ1v) is 9.30. The second-order valence-electron chi connectivity index (χ2n) is 6.05. The highest BCUT2D eigenvalue weighted by Crippen LogP contribution is 2.23. The van der Waals surface area contributed by atoms with Gasteiger partial charge in [0, 0.05) is 24.6 Å². The van der Waals surface area contributed by atoms with Crippen LogP contribution in [0.25, 0.3) is 11.1 Å². The van der Waals surface area contributed by atoms with Gasteiger partial charge in [0.15, 0.2) is 14.6 Å². The molecule has 0 radical (unpaired) electrons. The Morgan fingerprint density at radius 2 is 1.92 bits per heavy atom. The minimum Gasteiger partial charge on any atom is -0.289 e. The van der Waals surface area contributed by atoms with Gasteiger partial charge in [-0.2, -0.15) is 5.10 Å². The fourth-order valence-corrected chi connectivity index (χ4v) is 3.14. The second kappa shape index (κ2) is 6.74. The number of sulfone groups is 1. The molecule has 0 aliphatic heterocycles. The van der Waals surface area contributed by atoms with E-state index in [1.54, 1.807) is 17.1 Å². The molecular weight excluding hydrogens is 330 g/mol. The van der Waals surface area contributed by atoms with Gasteiger partial charge in [0.1, 0.15) is 0 Å². The van der Waals surface area contributed by atoms with Gasteiger partial charge in [-0.1, -0.05) is 29.8 Å². The van der Waals surface area contributed by atoms with Crippen molar-refractivity contribution in [2.45, 2.75) is 31.6 Å². The Labute approximate surface area is 141 Å². The van der Waals surface area contributed by atoms with Gasteiger partial charge in [0.05, 0.1) is 6.20 Å². The Balaban J connectivity index is 2.17. The number of aryl methyl sites for hydroxylation is 2. The Morgan fingerprint density at radius 1 is 1.29 bits per heavy atom. The summed E-state index contributed by atoms with van der Waals surface area (Å²) in [6, 6.07) is 7.96. The van der Waals surface area contributed by atoms with Gasteiger partial charge >= 0.3 is 0 Å². The average Bonchev–Trinajstić information content (AvgIpc) is 3.00. The Morgan fingerprint density at radius 3 is 2.46 bits per heavy atom. The van der Waals surface area contributed by atoms with Crippen LogP contribution in [0.15, 0.2) is 36.7 Å². The molecule has 0 saturated heterocycles. The topological polar surface area (TPSA) is 101 Å². The number of rotatable bonds is 6. The SMILES string of the molecule is Cc1ccc(-c2cnn(CCC(C)(C(=O)NO)S(C)(=O)=O)c2)cc1. The molecule has 1 amide bonds. The number of hydroxylamine groups is 1. The van der Waals surface area contributed by atoms with Gasteiger partial charge in [0.2, 0.25) is 0 Å². The van der Waals surface area contributed by atoms with E-state index in [0.29, 0.717) is 0 Å². The lowest BCUT2D eigenvalue weighted by Crippen LogP contribution is -2.49. The van der Waals surface area contributed by atoms with E-state index in [9.17, 15) is 13.2 Å². The number of nitrogens with zero attached hydrogens (tertiary/aromatic N) is 2. The van der Waals surface area contributed by atoms with Crippen LogP contribution in [0.2, 0.25) is 0 Å². The van der Waals surface area contributed by atoms with Crippen molar-refractivity contribution >= 4 is 15.7 Å². The van der Waals surface area contributed by atoms with Crippen LogP contribution < -0.4 is 5.48 Å². The molecule has 0 fully saturated rings. The number of amides is 1. The smallest absolute Gasteiger partial charge is 0.264 e. The maximum Gasteiger partial charge on any atom is 0.264 e. The first-order valence-electron chi connectivity index (χ1n) is 7.41. The normalized spacial score (nSPS) is 14.2. The van der Waals surface area contributed by atoms with Crippen molar-refractivity contribution in [2.75, 3.05) is 6.26 Å². The van der Waals surface area contributed by atoms with Crippen molar-refractivity contribution < 1.29 is 18.4 Å². The summed E-state index contributed by atoms with van der Waals surface area (Å²) in [5, 5.41) is 13.0. The lowest BCUT2D eigenvalue weighted by molar-refractivity contribution is -0.131. The lowest BCUT2D eigenvalue weighted by Gasteiger charge is -2.24. The largest absolute Gasteiger partial charge is 0.289 e. The molecule has 24 heavy (non-hydrogen) atoms. The monoisotopic (exact) mass is 351 g/mol. The summed E-state index contributed by atoms with van der Waals surface area (Å²) >= 11 is 0. The van der Waals surface area contributed by atoms with Crippen molar-refractivity contribution in [3.05, 3.63) is 42.2 Å². The molecule has 1 unspecified atom stereocenters.